The minimum Gasteiger partial charge on any atom is -0.550 e. The Bertz CT molecular complexity index is 927. The van der Waals surface area contributed by atoms with Crippen molar-refractivity contribution in [2.24, 2.45) is 0 Å². The SMILES string of the molecule is O=C([O-])C[C@H](C(=O)[O-])N1C(=O)C(=CC(Cl)=Cc2ccc([N+](=O)[O-])cc2)SC1=S. The highest BCUT2D eigenvalue weighted by molar-refractivity contribution is 8.26. The Morgan fingerprint density at radius 1 is 1.29 bits per heavy atom. The Kier molecular flexibility index (Phi) is 6.89. The van der Waals surface area contributed by atoms with E-state index in [2.05, 4.69) is 0 Å². The van der Waals surface area contributed by atoms with Crippen molar-refractivity contribution in [1.29, 1.82) is 0 Å². The van der Waals surface area contributed by atoms with E-state index in [1.165, 1.54) is 36.4 Å². The summed E-state index contributed by atoms with van der Waals surface area (Å²) in [5, 5.41) is 32.6. The Morgan fingerprint density at radius 2 is 1.89 bits per heavy atom. The second kappa shape index (κ2) is 8.95. The van der Waals surface area contributed by atoms with Crippen molar-refractivity contribution < 1.29 is 29.5 Å². The van der Waals surface area contributed by atoms with Crippen LogP contribution in [0.4, 0.5) is 5.69 Å². The fourth-order valence-electron chi connectivity index (χ4n) is 2.20. The minimum atomic E-state index is -1.80. The van der Waals surface area contributed by atoms with Crippen LogP contribution in [0.5, 0.6) is 0 Å². The Balaban J connectivity index is 2.25. The maximum atomic E-state index is 12.4. The normalized spacial score (nSPS) is 17.1. The lowest BCUT2D eigenvalue weighted by molar-refractivity contribution is -0.384. The van der Waals surface area contributed by atoms with E-state index in [0.717, 1.165) is 11.8 Å². The first kappa shape index (κ1) is 21.5. The highest BCUT2D eigenvalue weighted by atomic mass is 35.5. The molecule has 0 N–H and O–H groups in total. The molecule has 0 spiro atoms. The van der Waals surface area contributed by atoms with Gasteiger partial charge in [0, 0.05) is 29.6 Å². The largest absolute Gasteiger partial charge is 0.550 e. The van der Waals surface area contributed by atoms with Gasteiger partial charge in [0.2, 0.25) is 0 Å². The molecule has 9 nitrogen and oxygen atoms in total. The van der Waals surface area contributed by atoms with Crippen molar-refractivity contribution in [3.8, 4) is 0 Å². The first-order valence-corrected chi connectivity index (χ1v) is 9.00. The first-order chi connectivity index (χ1) is 13.1. The van der Waals surface area contributed by atoms with Gasteiger partial charge >= 0.3 is 0 Å². The molecule has 2 rings (SSSR count). The summed E-state index contributed by atoms with van der Waals surface area (Å²) in [6, 6.07) is 3.65. The smallest absolute Gasteiger partial charge is 0.269 e. The third kappa shape index (κ3) is 5.15. The van der Waals surface area contributed by atoms with Crippen LogP contribution in [0, 0.1) is 10.1 Å². The van der Waals surface area contributed by atoms with Crippen LogP contribution in [-0.2, 0) is 14.4 Å². The zero-order valence-electron chi connectivity index (χ0n) is 13.7. The molecule has 0 bridgehead atoms. The van der Waals surface area contributed by atoms with Gasteiger partial charge in [0.25, 0.3) is 11.6 Å². The number of hydrogen-bond donors (Lipinski definition) is 0. The van der Waals surface area contributed by atoms with Crippen molar-refractivity contribution in [1.82, 2.24) is 4.90 Å². The Hall–Kier alpha value is -2.76. The van der Waals surface area contributed by atoms with Gasteiger partial charge in [-0.1, -0.05) is 35.6 Å². The van der Waals surface area contributed by atoms with E-state index in [-0.39, 0.29) is 19.9 Å². The molecule has 0 aliphatic carbocycles. The highest BCUT2D eigenvalue weighted by Crippen LogP contribution is 2.34. The summed E-state index contributed by atoms with van der Waals surface area (Å²) in [6.07, 6.45) is 1.68. The van der Waals surface area contributed by atoms with Crippen molar-refractivity contribution in [2.75, 3.05) is 0 Å². The van der Waals surface area contributed by atoms with Crippen LogP contribution >= 0.6 is 35.6 Å². The van der Waals surface area contributed by atoms with E-state index >= 15 is 0 Å². The average Bonchev–Trinajstić information content (AvgIpc) is 2.86. The van der Waals surface area contributed by atoms with E-state index in [4.69, 9.17) is 23.8 Å². The predicted molar refractivity (Wildman–Crippen MR) is 100 cm³/mol. The maximum absolute atomic E-state index is 12.4. The molecule has 1 heterocycles. The fraction of sp³-hybridized carbons (Fsp3) is 0.125. The number of nitrogens with zero attached hydrogens (tertiary/aromatic N) is 2. The first-order valence-electron chi connectivity index (χ1n) is 7.39. The third-order valence-corrected chi connectivity index (χ3v) is 4.99. The summed E-state index contributed by atoms with van der Waals surface area (Å²) in [4.78, 5) is 45.1. The molecule has 1 aliphatic heterocycles. The van der Waals surface area contributed by atoms with Gasteiger partial charge in [-0.3, -0.25) is 19.8 Å². The topological polar surface area (TPSA) is 144 Å². The van der Waals surface area contributed by atoms with Crippen LogP contribution in [0.2, 0.25) is 0 Å². The molecule has 1 aromatic rings. The summed E-state index contributed by atoms with van der Waals surface area (Å²) < 4.78 is -0.161. The average molecular weight is 441 g/mol. The molecule has 1 aromatic carbocycles. The number of carboxylic acids is 2. The molecule has 0 unspecified atom stereocenters. The molecule has 1 atom stereocenters. The van der Waals surface area contributed by atoms with Gasteiger partial charge in [0.1, 0.15) is 4.32 Å². The third-order valence-electron chi connectivity index (χ3n) is 3.44. The fourth-order valence-corrected chi connectivity index (χ4v) is 3.85. The molecule has 1 amide bonds. The lowest BCUT2D eigenvalue weighted by Crippen LogP contribution is -2.52. The van der Waals surface area contributed by atoms with Gasteiger partial charge in [0.15, 0.2) is 0 Å². The molecule has 1 fully saturated rings. The predicted octanol–water partition coefficient (Wildman–Crippen LogP) is 0.177. The molecular formula is C16H9ClN2O7S2-2. The van der Waals surface area contributed by atoms with Gasteiger partial charge in [-0.15, -0.1) is 0 Å². The number of carbonyl (C=O) groups is 3. The van der Waals surface area contributed by atoms with Gasteiger partial charge in [-0.2, -0.15) is 0 Å². The van der Waals surface area contributed by atoms with Crippen molar-refractivity contribution in [2.45, 2.75) is 12.5 Å². The second-order valence-corrected chi connectivity index (χ2v) is 7.45. The molecular weight excluding hydrogens is 432 g/mol. The van der Waals surface area contributed by atoms with Gasteiger partial charge in [-0.25, -0.2) is 0 Å². The number of allylic oxidation sites excluding steroid dienone is 2. The van der Waals surface area contributed by atoms with Crippen LogP contribution in [0.1, 0.15) is 12.0 Å². The molecule has 1 aliphatic rings. The minimum absolute atomic E-state index is 0.0160. The van der Waals surface area contributed by atoms with Crippen LogP contribution < -0.4 is 10.2 Å². The van der Waals surface area contributed by atoms with Gasteiger partial charge in [-0.05, 0) is 29.8 Å². The summed E-state index contributed by atoms with van der Waals surface area (Å²) >= 11 is 11.8. The monoisotopic (exact) mass is 440 g/mol. The lowest BCUT2D eigenvalue weighted by Gasteiger charge is -2.27. The summed E-state index contributed by atoms with van der Waals surface area (Å²) in [7, 11) is 0. The molecule has 1 saturated heterocycles. The summed E-state index contributed by atoms with van der Waals surface area (Å²) in [6.45, 7) is 0. The summed E-state index contributed by atoms with van der Waals surface area (Å²) in [5.41, 5.74) is 0.419. The number of rotatable bonds is 7. The molecule has 12 heteroatoms. The standard InChI is InChI=1S/C16H11ClN2O7S2/c17-9(5-8-1-3-10(4-2-8)19(25)26)6-12-14(22)18(16(27)28-12)11(15(23)24)7-13(20)21/h1-6,11H,7H2,(H,20,21)(H,23,24)/p-2/t11-/m1/s1. The number of non-ortho nitro benzene ring substituents is 1. The molecule has 146 valence electrons. The number of hydrogen-bond acceptors (Lipinski definition) is 9. The van der Waals surface area contributed by atoms with E-state index in [1.54, 1.807) is 0 Å². The molecule has 0 aromatic heterocycles. The number of halogens is 1. The van der Waals surface area contributed by atoms with Crippen LogP contribution in [0.3, 0.4) is 0 Å². The number of nitro benzene ring substituents is 1. The van der Waals surface area contributed by atoms with Gasteiger partial charge < -0.3 is 19.8 Å². The number of thioether (sulfide) groups is 1. The van der Waals surface area contributed by atoms with Crippen LogP contribution in [0.25, 0.3) is 6.08 Å². The number of carboxylic acid groups (broad SMARTS) is 2. The van der Waals surface area contributed by atoms with Crippen molar-refractivity contribution >= 4 is 69.5 Å². The number of nitro groups is 1. The van der Waals surface area contributed by atoms with Crippen molar-refractivity contribution in [3.63, 3.8) is 0 Å². The van der Waals surface area contributed by atoms with Gasteiger partial charge in [0.05, 0.1) is 21.8 Å². The van der Waals surface area contributed by atoms with E-state index < -0.39 is 35.2 Å². The van der Waals surface area contributed by atoms with E-state index in [1.807, 2.05) is 0 Å². The number of thiocarbonyl (C=S) groups is 1. The lowest BCUT2D eigenvalue weighted by atomic mass is 10.1. The highest BCUT2D eigenvalue weighted by Gasteiger charge is 2.37. The summed E-state index contributed by atoms with van der Waals surface area (Å²) in [5.74, 6) is -4.29. The Labute approximate surface area is 172 Å². The molecule has 0 radical (unpaired) electrons. The number of carbonyl (C=O) groups excluding carboxylic acids is 3. The Morgan fingerprint density at radius 3 is 2.39 bits per heavy atom. The molecule has 28 heavy (non-hydrogen) atoms. The van der Waals surface area contributed by atoms with Crippen LogP contribution in [-0.4, -0.2) is 38.0 Å². The van der Waals surface area contributed by atoms with Crippen molar-refractivity contribution in [3.05, 3.63) is 56.0 Å². The second-order valence-electron chi connectivity index (χ2n) is 5.34. The molecule has 0 saturated carbocycles. The number of aliphatic carboxylic acids is 2. The number of benzene rings is 1. The zero-order valence-corrected chi connectivity index (χ0v) is 16.1. The zero-order chi connectivity index (χ0) is 21.0. The number of amides is 1. The quantitative estimate of drug-likeness (QED) is 0.251. The maximum Gasteiger partial charge on any atom is 0.269 e. The van der Waals surface area contributed by atoms with Crippen LogP contribution in [0.15, 0.2) is 40.3 Å². The van der Waals surface area contributed by atoms with E-state index in [9.17, 15) is 34.7 Å². The van der Waals surface area contributed by atoms with E-state index in [0.29, 0.717) is 10.5 Å².